The first-order chi connectivity index (χ1) is 5.15. The molecule has 0 radical (unpaired) electrons. The Morgan fingerprint density at radius 1 is 1.27 bits per heavy atom. The van der Waals surface area contributed by atoms with Crippen molar-refractivity contribution in [1.82, 2.24) is 0 Å². The quantitative estimate of drug-likeness (QED) is 0.515. The summed E-state index contributed by atoms with van der Waals surface area (Å²) in [5.41, 5.74) is 8.70. The molecule has 0 heterocycles. The molecule has 0 aromatic heterocycles. The Morgan fingerprint density at radius 3 is 2.09 bits per heavy atom. The van der Waals surface area contributed by atoms with Crippen molar-refractivity contribution in [1.29, 1.82) is 0 Å². The zero-order valence-electron chi connectivity index (χ0n) is 6.72. The van der Waals surface area contributed by atoms with Crippen LogP contribution in [0.3, 0.4) is 0 Å². The molecular weight excluding hydrogens is 157 g/mol. The molecule has 3 heteroatoms. The molecule has 0 saturated heterocycles. The molecule has 1 unspecified atom stereocenters. The minimum Gasteiger partial charge on any atom is -0.480 e. The van der Waals surface area contributed by atoms with E-state index in [1.807, 2.05) is 26.0 Å². The summed E-state index contributed by atoms with van der Waals surface area (Å²) in [6.45, 7) is 3.94. The normalized spacial score (nSPS) is 9.73. The Morgan fingerprint density at radius 2 is 1.73 bits per heavy atom. The van der Waals surface area contributed by atoms with Gasteiger partial charge in [-0.25, -0.2) is 0 Å². The molecule has 2 nitrogen and oxygen atoms in total. The van der Waals surface area contributed by atoms with Crippen LogP contribution < -0.4 is 10.3 Å². The molecule has 1 aromatic carbocycles. The summed E-state index contributed by atoms with van der Waals surface area (Å²) in [6.07, 6.45) is 0. The standard InChI is InChI=1S/C8H12NOP/c1-5-3-7(10-11)4-6(2)8(5)9/h3-4H,9,11H2,1-2H3. The maximum absolute atomic E-state index is 5.74. The molecule has 0 spiro atoms. The van der Waals surface area contributed by atoms with E-state index in [-0.39, 0.29) is 0 Å². The Balaban J connectivity index is 3.21. The summed E-state index contributed by atoms with van der Waals surface area (Å²) in [4.78, 5) is 0. The van der Waals surface area contributed by atoms with Gasteiger partial charge in [0, 0.05) is 5.69 Å². The molecule has 1 aromatic rings. The third-order valence-corrected chi connectivity index (χ3v) is 1.98. The van der Waals surface area contributed by atoms with Crippen LogP contribution in [-0.4, -0.2) is 0 Å². The third kappa shape index (κ3) is 1.63. The fraction of sp³-hybridized carbons (Fsp3) is 0.250. The van der Waals surface area contributed by atoms with Gasteiger partial charge in [0.15, 0.2) is 0 Å². The van der Waals surface area contributed by atoms with Gasteiger partial charge < -0.3 is 10.3 Å². The van der Waals surface area contributed by atoms with Gasteiger partial charge in [0.25, 0.3) is 0 Å². The fourth-order valence-electron chi connectivity index (χ4n) is 1.00. The van der Waals surface area contributed by atoms with Crippen LogP contribution in [0.1, 0.15) is 11.1 Å². The Bertz CT molecular complexity index is 250. The highest BCUT2D eigenvalue weighted by Gasteiger charge is 2.00. The van der Waals surface area contributed by atoms with Crippen molar-refractivity contribution in [2.24, 2.45) is 0 Å². The highest BCUT2D eigenvalue weighted by molar-refractivity contribution is 7.10. The molecule has 0 saturated carbocycles. The summed E-state index contributed by atoms with van der Waals surface area (Å²) >= 11 is 0. The van der Waals surface area contributed by atoms with E-state index < -0.39 is 0 Å². The van der Waals surface area contributed by atoms with Crippen molar-refractivity contribution >= 4 is 15.2 Å². The highest BCUT2D eigenvalue weighted by atomic mass is 31.0. The molecule has 2 N–H and O–H groups in total. The van der Waals surface area contributed by atoms with E-state index in [9.17, 15) is 0 Å². The molecule has 0 aliphatic carbocycles. The van der Waals surface area contributed by atoms with Gasteiger partial charge in [0.1, 0.15) is 5.75 Å². The van der Waals surface area contributed by atoms with Gasteiger partial charge >= 0.3 is 0 Å². The molecule has 0 aliphatic rings. The number of nitrogens with two attached hydrogens (primary N) is 1. The minimum absolute atomic E-state index is 0.833. The van der Waals surface area contributed by atoms with E-state index in [4.69, 9.17) is 10.3 Å². The summed E-state index contributed by atoms with van der Waals surface area (Å²) in [5.74, 6) is 0.833. The topological polar surface area (TPSA) is 35.2 Å². The van der Waals surface area contributed by atoms with E-state index in [0.29, 0.717) is 0 Å². The average molecular weight is 169 g/mol. The maximum Gasteiger partial charge on any atom is 0.123 e. The molecule has 0 bridgehead atoms. The zero-order valence-corrected chi connectivity index (χ0v) is 7.87. The molecule has 60 valence electrons. The maximum atomic E-state index is 5.74. The van der Waals surface area contributed by atoms with Gasteiger partial charge in [-0.3, -0.25) is 0 Å². The lowest BCUT2D eigenvalue weighted by molar-refractivity contribution is 0.645. The van der Waals surface area contributed by atoms with E-state index >= 15 is 0 Å². The molecule has 11 heavy (non-hydrogen) atoms. The second-order valence-corrected chi connectivity index (χ2v) is 2.82. The first-order valence-electron chi connectivity index (χ1n) is 3.38. The Hall–Kier alpha value is -0.750. The van der Waals surface area contributed by atoms with Crippen LogP contribution in [0.5, 0.6) is 5.75 Å². The summed E-state index contributed by atoms with van der Waals surface area (Å²) in [5, 5.41) is 0. The number of rotatable bonds is 1. The number of hydrogen-bond donors (Lipinski definition) is 1. The lowest BCUT2D eigenvalue weighted by Crippen LogP contribution is -1.93. The summed E-state index contributed by atoms with van der Waals surface area (Å²) in [6, 6.07) is 3.82. The van der Waals surface area contributed by atoms with Crippen LogP contribution in [0, 0.1) is 13.8 Å². The number of hydrogen-bond acceptors (Lipinski definition) is 2. The van der Waals surface area contributed by atoms with Gasteiger partial charge in [-0.2, -0.15) is 0 Å². The molecule has 0 amide bonds. The SMILES string of the molecule is Cc1cc(OP)cc(C)c1N. The molecule has 1 rings (SSSR count). The first kappa shape index (κ1) is 8.35. The van der Waals surface area contributed by atoms with E-state index in [1.54, 1.807) is 0 Å². The predicted octanol–water partition coefficient (Wildman–Crippen LogP) is 2.05. The second-order valence-electron chi connectivity index (χ2n) is 2.59. The van der Waals surface area contributed by atoms with Crippen molar-refractivity contribution in [2.75, 3.05) is 5.73 Å². The van der Waals surface area contributed by atoms with Crippen LogP contribution in [-0.2, 0) is 0 Å². The number of anilines is 1. The fourth-order valence-corrected chi connectivity index (χ4v) is 1.14. The van der Waals surface area contributed by atoms with E-state index in [0.717, 1.165) is 22.6 Å². The summed E-state index contributed by atoms with van der Waals surface area (Å²) < 4.78 is 4.99. The molecule has 0 aliphatic heterocycles. The van der Waals surface area contributed by atoms with E-state index in [2.05, 4.69) is 9.47 Å². The Labute approximate surface area is 69.0 Å². The van der Waals surface area contributed by atoms with Crippen molar-refractivity contribution < 1.29 is 4.52 Å². The highest BCUT2D eigenvalue weighted by Crippen LogP contribution is 2.24. The lowest BCUT2D eigenvalue weighted by Gasteiger charge is -2.06. The minimum atomic E-state index is 0.833. The largest absolute Gasteiger partial charge is 0.480 e. The number of nitrogen functional groups attached to an aromatic ring is 1. The van der Waals surface area contributed by atoms with Gasteiger partial charge in [0.05, 0.1) is 9.47 Å². The van der Waals surface area contributed by atoms with Crippen LogP contribution in [0.25, 0.3) is 0 Å². The number of benzene rings is 1. The van der Waals surface area contributed by atoms with Crippen molar-refractivity contribution in [2.45, 2.75) is 13.8 Å². The van der Waals surface area contributed by atoms with Gasteiger partial charge in [-0.15, -0.1) is 0 Å². The van der Waals surface area contributed by atoms with Gasteiger partial charge in [-0.05, 0) is 37.1 Å². The molecule has 1 atom stereocenters. The van der Waals surface area contributed by atoms with Crippen molar-refractivity contribution in [3.63, 3.8) is 0 Å². The van der Waals surface area contributed by atoms with E-state index in [1.165, 1.54) is 0 Å². The van der Waals surface area contributed by atoms with Crippen molar-refractivity contribution in [3.05, 3.63) is 23.3 Å². The third-order valence-electron chi connectivity index (χ3n) is 1.70. The molecule has 0 fully saturated rings. The predicted molar refractivity (Wildman–Crippen MR) is 50.7 cm³/mol. The van der Waals surface area contributed by atoms with Crippen LogP contribution in [0.2, 0.25) is 0 Å². The van der Waals surface area contributed by atoms with Crippen LogP contribution in [0.4, 0.5) is 5.69 Å². The average Bonchev–Trinajstić information content (AvgIpc) is 1.99. The van der Waals surface area contributed by atoms with Gasteiger partial charge in [0.2, 0.25) is 0 Å². The van der Waals surface area contributed by atoms with Crippen molar-refractivity contribution in [3.8, 4) is 5.75 Å². The summed E-state index contributed by atoms with van der Waals surface area (Å²) in [7, 11) is 2.21. The monoisotopic (exact) mass is 169 g/mol. The molecular formula is C8H12NOP. The van der Waals surface area contributed by atoms with Gasteiger partial charge in [-0.1, -0.05) is 0 Å². The van der Waals surface area contributed by atoms with Crippen LogP contribution >= 0.6 is 9.47 Å². The second kappa shape index (κ2) is 3.10. The smallest absolute Gasteiger partial charge is 0.123 e. The first-order valence-corrected chi connectivity index (χ1v) is 3.85. The lowest BCUT2D eigenvalue weighted by atomic mass is 10.1. The number of aryl methyl sites for hydroxylation is 2. The Kier molecular flexibility index (Phi) is 2.35. The van der Waals surface area contributed by atoms with Crippen LogP contribution in [0.15, 0.2) is 12.1 Å². The zero-order chi connectivity index (χ0) is 8.43.